The summed E-state index contributed by atoms with van der Waals surface area (Å²) in [6.45, 7) is 5.03. The highest BCUT2D eigenvalue weighted by Gasteiger charge is 2.22. The first-order valence-corrected chi connectivity index (χ1v) is 9.53. The van der Waals surface area contributed by atoms with Gasteiger partial charge in [-0.15, -0.1) is 0 Å². The number of ketones is 1. The monoisotopic (exact) mass is 406 g/mol. The largest absolute Gasteiger partial charge is 0.455 e. The molecule has 0 radical (unpaired) electrons. The number of carbonyl (C=O) groups is 2. The van der Waals surface area contributed by atoms with Gasteiger partial charge >= 0.3 is 5.97 Å². The van der Waals surface area contributed by atoms with Crippen molar-refractivity contribution in [3.63, 3.8) is 0 Å². The second-order valence-corrected chi connectivity index (χ2v) is 7.83. The zero-order valence-corrected chi connectivity index (χ0v) is 17.1. The van der Waals surface area contributed by atoms with Crippen LogP contribution in [0.15, 0.2) is 66.9 Å². The molecule has 0 fully saturated rings. The van der Waals surface area contributed by atoms with Crippen molar-refractivity contribution in [2.45, 2.75) is 20.8 Å². The van der Waals surface area contributed by atoms with Gasteiger partial charge in [0, 0.05) is 28.8 Å². The summed E-state index contributed by atoms with van der Waals surface area (Å²) < 4.78 is 20.1. The lowest BCUT2D eigenvalue weighted by atomic mass is 9.91. The molecule has 0 aliphatic carbocycles. The summed E-state index contributed by atoms with van der Waals surface area (Å²) in [4.78, 5) is 24.0. The predicted octanol–water partition coefficient (Wildman–Crippen LogP) is 4.85. The first-order valence-electron chi connectivity index (χ1n) is 9.53. The van der Waals surface area contributed by atoms with Crippen molar-refractivity contribution in [2.75, 3.05) is 6.61 Å². The molecule has 5 nitrogen and oxygen atoms in total. The molecule has 0 spiro atoms. The van der Waals surface area contributed by atoms with Crippen molar-refractivity contribution >= 4 is 17.8 Å². The summed E-state index contributed by atoms with van der Waals surface area (Å²) >= 11 is 0. The molecule has 0 aliphatic rings. The van der Waals surface area contributed by atoms with Crippen LogP contribution in [0.1, 0.15) is 26.3 Å². The fraction of sp³-hybridized carbons (Fsp3) is 0.208. The van der Waals surface area contributed by atoms with Crippen LogP contribution >= 0.6 is 0 Å². The van der Waals surface area contributed by atoms with Gasteiger partial charge in [0.15, 0.2) is 12.4 Å². The van der Waals surface area contributed by atoms with Gasteiger partial charge in [0.2, 0.25) is 0 Å². The first-order chi connectivity index (χ1) is 14.2. The van der Waals surface area contributed by atoms with E-state index in [0.717, 1.165) is 5.69 Å². The van der Waals surface area contributed by atoms with Gasteiger partial charge in [0.05, 0.1) is 11.4 Å². The van der Waals surface area contributed by atoms with Crippen molar-refractivity contribution in [1.82, 2.24) is 9.78 Å². The van der Waals surface area contributed by atoms with E-state index in [1.807, 2.05) is 30.3 Å². The number of halogens is 1. The van der Waals surface area contributed by atoms with Crippen LogP contribution in [0.4, 0.5) is 4.39 Å². The SMILES string of the molecule is CC(C)(C)C(=O)COC(=O)/C=C/c1cn(-c2ccccc2)nc1-c1ccc(F)cc1. The number of para-hydroxylation sites is 1. The van der Waals surface area contributed by atoms with Crippen LogP contribution in [-0.2, 0) is 14.3 Å². The molecule has 0 bridgehead atoms. The molecule has 1 aromatic heterocycles. The Morgan fingerprint density at radius 3 is 2.37 bits per heavy atom. The quantitative estimate of drug-likeness (QED) is 0.434. The number of nitrogens with zero attached hydrogens (tertiary/aromatic N) is 2. The summed E-state index contributed by atoms with van der Waals surface area (Å²) in [6.07, 6.45) is 4.61. The number of ether oxygens (including phenoxy) is 1. The third kappa shape index (κ3) is 5.29. The molecule has 2 aromatic carbocycles. The van der Waals surface area contributed by atoms with E-state index >= 15 is 0 Å². The summed E-state index contributed by atoms with van der Waals surface area (Å²) in [7, 11) is 0. The van der Waals surface area contributed by atoms with Crippen LogP contribution in [0.25, 0.3) is 23.0 Å². The van der Waals surface area contributed by atoms with Gasteiger partial charge in [-0.05, 0) is 42.5 Å². The van der Waals surface area contributed by atoms with E-state index in [0.29, 0.717) is 16.8 Å². The van der Waals surface area contributed by atoms with Crippen molar-refractivity contribution < 1.29 is 18.7 Å². The van der Waals surface area contributed by atoms with Crippen molar-refractivity contribution in [3.05, 3.63) is 78.3 Å². The van der Waals surface area contributed by atoms with E-state index in [4.69, 9.17) is 4.74 Å². The number of rotatable bonds is 6. The summed E-state index contributed by atoms with van der Waals surface area (Å²) in [5.74, 6) is -1.12. The Bertz CT molecular complexity index is 1060. The Balaban J connectivity index is 1.86. The molecule has 0 unspecified atom stereocenters. The van der Waals surface area contributed by atoms with E-state index in [9.17, 15) is 14.0 Å². The van der Waals surface area contributed by atoms with Gasteiger partial charge in [0.1, 0.15) is 5.82 Å². The van der Waals surface area contributed by atoms with Crippen LogP contribution in [0.2, 0.25) is 0 Å². The smallest absolute Gasteiger partial charge is 0.331 e. The third-order valence-electron chi connectivity index (χ3n) is 4.46. The lowest BCUT2D eigenvalue weighted by molar-refractivity contribution is -0.145. The second kappa shape index (κ2) is 8.86. The summed E-state index contributed by atoms with van der Waals surface area (Å²) in [6, 6.07) is 15.5. The first kappa shape index (κ1) is 21.2. The van der Waals surface area contributed by atoms with Crippen LogP contribution in [-0.4, -0.2) is 28.1 Å². The number of aromatic nitrogens is 2. The number of Topliss-reactive ketones (excluding diaryl/α,β-unsaturated/α-hetero) is 1. The van der Waals surface area contributed by atoms with Crippen molar-refractivity contribution in [1.29, 1.82) is 0 Å². The van der Waals surface area contributed by atoms with Gasteiger partial charge in [-0.25, -0.2) is 13.9 Å². The molecule has 30 heavy (non-hydrogen) atoms. The van der Waals surface area contributed by atoms with E-state index in [-0.39, 0.29) is 18.2 Å². The Kier molecular flexibility index (Phi) is 6.26. The molecule has 3 aromatic rings. The molecule has 0 aliphatic heterocycles. The zero-order chi connectivity index (χ0) is 21.7. The maximum atomic E-state index is 13.3. The molecular weight excluding hydrogens is 383 g/mol. The number of benzene rings is 2. The average Bonchev–Trinajstić information content (AvgIpc) is 3.15. The highest BCUT2D eigenvalue weighted by molar-refractivity contribution is 5.92. The molecule has 0 amide bonds. The number of carbonyl (C=O) groups excluding carboxylic acids is 2. The minimum atomic E-state index is -0.620. The number of hydrogen-bond donors (Lipinski definition) is 0. The van der Waals surface area contributed by atoms with Crippen LogP contribution in [0, 0.1) is 11.2 Å². The van der Waals surface area contributed by atoms with Crippen LogP contribution in [0.5, 0.6) is 0 Å². The van der Waals surface area contributed by atoms with Crippen LogP contribution in [0.3, 0.4) is 0 Å². The molecule has 3 rings (SSSR count). The van der Waals surface area contributed by atoms with E-state index in [2.05, 4.69) is 5.10 Å². The Morgan fingerprint density at radius 1 is 1.07 bits per heavy atom. The van der Waals surface area contributed by atoms with E-state index < -0.39 is 11.4 Å². The standard InChI is InChI=1S/C24H23FN2O3/c1-24(2,3)21(28)16-30-22(29)14-11-18-15-27(20-7-5-4-6-8-20)26-23(18)17-9-12-19(25)13-10-17/h4-15H,16H2,1-3H3/b14-11+. The van der Waals surface area contributed by atoms with Crippen LogP contribution < -0.4 is 0 Å². The normalized spacial score (nSPS) is 11.6. The topological polar surface area (TPSA) is 61.2 Å². The fourth-order valence-corrected chi connectivity index (χ4v) is 2.61. The van der Waals surface area contributed by atoms with Gasteiger partial charge in [-0.1, -0.05) is 39.0 Å². The number of hydrogen-bond acceptors (Lipinski definition) is 4. The van der Waals surface area contributed by atoms with E-state index in [1.54, 1.807) is 49.9 Å². The second-order valence-electron chi connectivity index (χ2n) is 7.83. The fourth-order valence-electron chi connectivity index (χ4n) is 2.61. The highest BCUT2D eigenvalue weighted by Crippen LogP contribution is 2.25. The Morgan fingerprint density at radius 2 is 1.73 bits per heavy atom. The lowest BCUT2D eigenvalue weighted by Crippen LogP contribution is -2.25. The Hall–Kier alpha value is -3.54. The molecular formula is C24H23FN2O3. The molecule has 0 saturated heterocycles. The molecule has 1 heterocycles. The van der Waals surface area contributed by atoms with Crippen molar-refractivity contribution in [2.24, 2.45) is 5.41 Å². The minimum absolute atomic E-state index is 0.159. The molecule has 0 N–H and O–H groups in total. The zero-order valence-electron chi connectivity index (χ0n) is 17.1. The van der Waals surface area contributed by atoms with E-state index in [1.165, 1.54) is 18.2 Å². The molecule has 154 valence electrons. The predicted molar refractivity (Wildman–Crippen MR) is 113 cm³/mol. The average molecular weight is 406 g/mol. The molecule has 0 saturated carbocycles. The summed E-state index contributed by atoms with van der Waals surface area (Å²) in [5.41, 5.74) is 2.23. The maximum absolute atomic E-state index is 13.3. The molecule has 6 heteroatoms. The minimum Gasteiger partial charge on any atom is -0.455 e. The van der Waals surface area contributed by atoms with Crippen molar-refractivity contribution in [3.8, 4) is 16.9 Å². The van der Waals surface area contributed by atoms with Gasteiger partial charge in [0.25, 0.3) is 0 Å². The molecule has 0 atom stereocenters. The summed E-state index contributed by atoms with van der Waals surface area (Å²) in [5, 5.41) is 4.60. The maximum Gasteiger partial charge on any atom is 0.331 e. The van der Waals surface area contributed by atoms with Gasteiger partial charge < -0.3 is 4.74 Å². The number of esters is 1. The lowest BCUT2D eigenvalue weighted by Gasteiger charge is -2.15. The Labute approximate surface area is 174 Å². The van der Waals surface area contributed by atoms with Gasteiger partial charge in [-0.3, -0.25) is 4.79 Å². The third-order valence-corrected chi connectivity index (χ3v) is 4.46. The highest BCUT2D eigenvalue weighted by atomic mass is 19.1. The van der Waals surface area contributed by atoms with Gasteiger partial charge in [-0.2, -0.15) is 5.10 Å².